The van der Waals surface area contributed by atoms with Crippen LogP contribution in [-0.2, 0) is 10.0 Å². The molecule has 20 heavy (non-hydrogen) atoms. The van der Waals surface area contributed by atoms with Crippen LogP contribution in [0.25, 0.3) is 0 Å². The van der Waals surface area contributed by atoms with Crippen LogP contribution in [0.5, 0.6) is 5.75 Å². The second kappa shape index (κ2) is 5.92. The van der Waals surface area contributed by atoms with Crippen molar-refractivity contribution in [1.82, 2.24) is 0 Å². The summed E-state index contributed by atoms with van der Waals surface area (Å²) in [5.74, 6) is -0.330. The van der Waals surface area contributed by atoms with Crippen molar-refractivity contribution in [2.75, 3.05) is 11.3 Å². The quantitative estimate of drug-likeness (QED) is 0.922. The molecule has 106 valence electrons. The summed E-state index contributed by atoms with van der Waals surface area (Å²) in [6.07, 6.45) is 0. The maximum Gasteiger partial charge on any atom is 0.262 e. The van der Waals surface area contributed by atoms with Gasteiger partial charge >= 0.3 is 0 Å². The van der Waals surface area contributed by atoms with E-state index in [-0.39, 0.29) is 16.3 Å². The zero-order chi connectivity index (χ0) is 14.6. The van der Waals surface area contributed by atoms with Gasteiger partial charge in [0.15, 0.2) is 0 Å². The summed E-state index contributed by atoms with van der Waals surface area (Å²) in [5.41, 5.74) is 0.206. The maximum absolute atomic E-state index is 13.2. The van der Waals surface area contributed by atoms with Gasteiger partial charge in [0, 0.05) is 6.07 Å². The van der Waals surface area contributed by atoms with Crippen molar-refractivity contribution < 1.29 is 17.5 Å². The van der Waals surface area contributed by atoms with E-state index in [9.17, 15) is 12.8 Å². The summed E-state index contributed by atoms with van der Waals surface area (Å²) in [7, 11) is -3.72. The lowest BCUT2D eigenvalue weighted by Gasteiger charge is -2.12. The van der Waals surface area contributed by atoms with E-state index in [0.717, 1.165) is 6.07 Å². The Balaban J connectivity index is 2.35. The van der Waals surface area contributed by atoms with Crippen molar-refractivity contribution in [3.05, 3.63) is 54.3 Å². The Morgan fingerprint density at radius 2 is 1.85 bits per heavy atom. The van der Waals surface area contributed by atoms with Gasteiger partial charge < -0.3 is 4.74 Å². The molecule has 0 saturated carbocycles. The molecular formula is C14H14FNO3S. The number of hydrogen-bond acceptors (Lipinski definition) is 3. The monoisotopic (exact) mass is 295 g/mol. The normalized spacial score (nSPS) is 11.1. The minimum absolute atomic E-state index is 0.131. The Hall–Kier alpha value is -2.08. The standard InChI is InChI=1S/C14H14FNO3S/c1-2-19-14-10-11(15)8-9-13(14)16-20(17,18)12-6-4-3-5-7-12/h3-10,16H,2H2,1H3. The number of anilines is 1. The van der Waals surface area contributed by atoms with Gasteiger partial charge in [-0.1, -0.05) is 18.2 Å². The Labute approximate surface area is 117 Å². The largest absolute Gasteiger partial charge is 0.492 e. The van der Waals surface area contributed by atoms with E-state index in [1.165, 1.54) is 24.3 Å². The van der Waals surface area contributed by atoms with Crippen LogP contribution >= 0.6 is 0 Å². The minimum Gasteiger partial charge on any atom is -0.492 e. The Kier molecular flexibility index (Phi) is 4.24. The second-order valence-corrected chi connectivity index (χ2v) is 5.67. The molecule has 0 spiro atoms. The first-order valence-corrected chi connectivity index (χ1v) is 7.51. The van der Waals surface area contributed by atoms with E-state index in [1.807, 2.05) is 0 Å². The second-order valence-electron chi connectivity index (χ2n) is 3.99. The topological polar surface area (TPSA) is 55.4 Å². The van der Waals surface area contributed by atoms with Crippen molar-refractivity contribution >= 4 is 15.7 Å². The summed E-state index contributed by atoms with van der Waals surface area (Å²) in [6, 6.07) is 11.6. The fraction of sp³-hybridized carbons (Fsp3) is 0.143. The van der Waals surface area contributed by atoms with E-state index >= 15 is 0 Å². The SMILES string of the molecule is CCOc1cc(F)ccc1NS(=O)(=O)c1ccccc1. The zero-order valence-electron chi connectivity index (χ0n) is 10.8. The Morgan fingerprint density at radius 3 is 2.50 bits per heavy atom. The number of rotatable bonds is 5. The molecule has 0 amide bonds. The summed E-state index contributed by atoms with van der Waals surface area (Å²) in [4.78, 5) is 0.131. The Bertz CT molecular complexity index is 687. The van der Waals surface area contributed by atoms with E-state index in [2.05, 4.69) is 4.72 Å². The van der Waals surface area contributed by atoms with Gasteiger partial charge in [-0.2, -0.15) is 0 Å². The first-order valence-electron chi connectivity index (χ1n) is 6.03. The number of halogens is 1. The lowest BCUT2D eigenvalue weighted by atomic mass is 10.3. The molecular weight excluding hydrogens is 281 g/mol. The fourth-order valence-electron chi connectivity index (χ4n) is 1.66. The van der Waals surface area contributed by atoms with Gasteiger partial charge in [0.05, 0.1) is 17.2 Å². The van der Waals surface area contributed by atoms with Crippen LogP contribution in [0.3, 0.4) is 0 Å². The molecule has 0 radical (unpaired) electrons. The minimum atomic E-state index is -3.72. The number of ether oxygens (including phenoxy) is 1. The predicted octanol–water partition coefficient (Wildman–Crippen LogP) is 3.03. The van der Waals surface area contributed by atoms with Crippen LogP contribution in [0.15, 0.2) is 53.4 Å². The molecule has 4 nitrogen and oxygen atoms in total. The maximum atomic E-state index is 13.2. The average Bonchev–Trinajstić information content (AvgIpc) is 2.43. The average molecular weight is 295 g/mol. The van der Waals surface area contributed by atoms with E-state index < -0.39 is 15.8 Å². The highest BCUT2D eigenvalue weighted by Gasteiger charge is 2.16. The first kappa shape index (κ1) is 14.3. The summed E-state index contributed by atoms with van der Waals surface area (Å²) >= 11 is 0. The van der Waals surface area contributed by atoms with E-state index in [4.69, 9.17) is 4.74 Å². The van der Waals surface area contributed by atoms with Crippen molar-refractivity contribution in [2.24, 2.45) is 0 Å². The van der Waals surface area contributed by atoms with Gasteiger partial charge in [-0.05, 0) is 31.2 Å². The van der Waals surface area contributed by atoms with Gasteiger partial charge in [0.1, 0.15) is 11.6 Å². The number of nitrogens with one attached hydrogen (secondary N) is 1. The molecule has 2 aromatic rings. The van der Waals surface area contributed by atoms with Gasteiger partial charge in [-0.15, -0.1) is 0 Å². The highest BCUT2D eigenvalue weighted by molar-refractivity contribution is 7.92. The molecule has 0 aliphatic heterocycles. The highest BCUT2D eigenvalue weighted by Crippen LogP contribution is 2.27. The third-order valence-corrected chi connectivity index (χ3v) is 3.92. The van der Waals surface area contributed by atoms with Crippen molar-refractivity contribution in [1.29, 1.82) is 0 Å². The molecule has 6 heteroatoms. The van der Waals surface area contributed by atoms with Gasteiger partial charge in [0.2, 0.25) is 0 Å². The van der Waals surface area contributed by atoms with Crippen LogP contribution in [-0.4, -0.2) is 15.0 Å². The molecule has 0 saturated heterocycles. The molecule has 2 rings (SSSR count). The van der Waals surface area contributed by atoms with Gasteiger partial charge in [0.25, 0.3) is 10.0 Å². The molecule has 1 N–H and O–H groups in total. The third-order valence-electron chi connectivity index (χ3n) is 2.54. The number of benzene rings is 2. The van der Waals surface area contributed by atoms with Crippen LogP contribution in [0.1, 0.15) is 6.92 Å². The molecule has 0 bridgehead atoms. The van der Waals surface area contributed by atoms with Gasteiger partial charge in [-0.25, -0.2) is 12.8 Å². The van der Waals surface area contributed by atoms with Crippen molar-refractivity contribution in [3.63, 3.8) is 0 Å². The number of sulfonamides is 1. The zero-order valence-corrected chi connectivity index (χ0v) is 11.7. The van der Waals surface area contributed by atoms with Crippen molar-refractivity contribution in [3.8, 4) is 5.75 Å². The fourth-order valence-corrected chi connectivity index (χ4v) is 2.75. The molecule has 0 aromatic heterocycles. The van der Waals surface area contributed by atoms with E-state index in [1.54, 1.807) is 25.1 Å². The molecule has 0 aliphatic carbocycles. The van der Waals surface area contributed by atoms with Gasteiger partial charge in [-0.3, -0.25) is 4.72 Å². The lowest BCUT2D eigenvalue weighted by molar-refractivity contribution is 0.340. The lowest BCUT2D eigenvalue weighted by Crippen LogP contribution is -2.13. The van der Waals surface area contributed by atoms with Crippen LogP contribution in [0, 0.1) is 5.82 Å². The molecule has 0 heterocycles. The molecule has 2 aromatic carbocycles. The third kappa shape index (κ3) is 3.27. The van der Waals surface area contributed by atoms with Crippen molar-refractivity contribution in [2.45, 2.75) is 11.8 Å². The van der Waals surface area contributed by atoms with Crippen LogP contribution in [0.2, 0.25) is 0 Å². The molecule has 0 fully saturated rings. The summed E-state index contributed by atoms with van der Waals surface area (Å²) < 4.78 is 45.2. The molecule has 0 aliphatic rings. The Morgan fingerprint density at radius 1 is 1.15 bits per heavy atom. The summed E-state index contributed by atoms with van der Waals surface area (Å²) in [6.45, 7) is 2.05. The first-order chi connectivity index (χ1) is 9.53. The van der Waals surface area contributed by atoms with Crippen LogP contribution in [0.4, 0.5) is 10.1 Å². The number of hydrogen-bond donors (Lipinski definition) is 1. The van der Waals surface area contributed by atoms with Crippen LogP contribution < -0.4 is 9.46 Å². The molecule has 0 atom stereocenters. The summed E-state index contributed by atoms with van der Waals surface area (Å²) in [5, 5.41) is 0. The molecule has 0 unspecified atom stereocenters. The predicted molar refractivity (Wildman–Crippen MR) is 74.8 cm³/mol. The van der Waals surface area contributed by atoms with E-state index in [0.29, 0.717) is 6.61 Å². The smallest absolute Gasteiger partial charge is 0.262 e. The highest BCUT2D eigenvalue weighted by atomic mass is 32.2.